The second kappa shape index (κ2) is 5.39. The fourth-order valence-corrected chi connectivity index (χ4v) is 2.22. The Bertz CT molecular complexity index is 258. The molecule has 1 saturated heterocycles. The summed E-state index contributed by atoms with van der Waals surface area (Å²) < 4.78 is 0. The molecule has 1 heterocycles. The summed E-state index contributed by atoms with van der Waals surface area (Å²) >= 11 is 1.76. The first-order chi connectivity index (χ1) is 7.06. The lowest BCUT2D eigenvalue weighted by atomic mass is 10.1. The van der Waals surface area contributed by atoms with Gasteiger partial charge in [-0.2, -0.15) is 11.8 Å². The van der Waals surface area contributed by atoms with Gasteiger partial charge in [0.1, 0.15) is 6.04 Å². The standard InChI is InChI=1S/C10H18N2O2S/c1-7(4-5-15-3)12-6-9(13)11-8(2)10(12)14/h7-8H,4-6H2,1-3H3,(H,11,13). The molecule has 1 rings (SSSR count). The van der Waals surface area contributed by atoms with Gasteiger partial charge >= 0.3 is 0 Å². The molecule has 1 N–H and O–H groups in total. The average molecular weight is 230 g/mol. The van der Waals surface area contributed by atoms with Gasteiger partial charge in [-0.3, -0.25) is 9.59 Å². The third kappa shape index (κ3) is 3.12. The lowest BCUT2D eigenvalue weighted by Crippen LogP contribution is -2.59. The minimum atomic E-state index is -0.372. The van der Waals surface area contributed by atoms with Crippen LogP contribution in [0.3, 0.4) is 0 Å². The quantitative estimate of drug-likeness (QED) is 0.764. The molecular formula is C10H18N2O2S. The van der Waals surface area contributed by atoms with Gasteiger partial charge in [-0.15, -0.1) is 0 Å². The molecule has 0 bridgehead atoms. The summed E-state index contributed by atoms with van der Waals surface area (Å²) in [5.74, 6) is 0.988. The van der Waals surface area contributed by atoms with Crippen molar-refractivity contribution in [1.29, 1.82) is 0 Å². The second-order valence-electron chi connectivity index (χ2n) is 3.89. The van der Waals surface area contributed by atoms with E-state index in [1.54, 1.807) is 23.6 Å². The lowest BCUT2D eigenvalue weighted by molar-refractivity contribution is -0.145. The average Bonchev–Trinajstić information content (AvgIpc) is 2.19. The van der Waals surface area contributed by atoms with Gasteiger partial charge in [0, 0.05) is 6.04 Å². The Kier molecular flexibility index (Phi) is 4.45. The third-order valence-corrected chi connectivity index (χ3v) is 3.26. The van der Waals surface area contributed by atoms with Crippen molar-refractivity contribution in [3.8, 4) is 0 Å². The molecule has 1 aliphatic heterocycles. The highest BCUT2D eigenvalue weighted by atomic mass is 32.2. The van der Waals surface area contributed by atoms with E-state index in [0.717, 1.165) is 12.2 Å². The molecule has 86 valence electrons. The number of thioether (sulfide) groups is 1. The van der Waals surface area contributed by atoms with Gasteiger partial charge in [-0.25, -0.2) is 0 Å². The zero-order valence-corrected chi connectivity index (χ0v) is 10.3. The van der Waals surface area contributed by atoms with E-state index in [9.17, 15) is 9.59 Å². The van der Waals surface area contributed by atoms with Crippen LogP contribution in [0.4, 0.5) is 0 Å². The van der Waals surface area contributed by atoms with Crippen LogP contribution in [0.5, 0.6) is 0 Å². The van der Waals surface area contributed by atoms with Gasteiger partial charge in [0.05, 0.1) is 6.54 Å². The maximum Gasteiger partial charge on any atom is 0.245 e. The van der Waals surface area contributed by atoms with E-state index in [1.807, 2.05) is 13.2 Å². The highest BCUT2D eigenvalue weighted by Gasteiger charge is 2.31. The number of hydrogen-bond acceptors (Lipinski definition) is 3. The first kappa shape index (κ1) is 12.4. The normalized spacial score (nSPS) is 23.9. The largest absolute Gasteiger partial charge is 0.343 e. The third-order valence-electron chi connectivity index (χ3n) is 2.62. The van der Waals surface area contributed by atoms with E-state index >= 15 is 0 Å². The zero-order valence-electron chi connectivity index (χ0n) is 9.45. The van der Waals surface area contributed by atoms with Gasteiger partial charge < -0.3 is 10.2 Å². The van der Waals surface area contributed by atoms with Crippen LogP contribution in [-0.4, -0.2) is 47.4 Å². The van der Waals surface area contributed by atoms with Crippen LogP contribution in [0.15, 0.2) is 0 Å². The Morgan fingerprint density at radius 3 is 2.87 bits per heavy atom. The maximum absolute atomic E-state index is 11.8. The van der Waals surface area contributed by atoms with Crippen molar-refractivity contribution in [2.45, 2.75) is 32.4 Å². The number of nitrogens with zero attached hydrogens (tertiary/aromatic N) is 1. The number of piperazine rings is 1. The number of carbonyl (C=O) groups is 2. The summed E-state index contributed by atoms with van der Waals surface area (Å²) in [5.41, 5.74) is 0. The molecule has 5 heteroatoms. The molecule has 0 aromatic rings. The first-order valence-corrected chi connectivity index (χ1v) is 6.54. The lowest BCUT2D eigenvalue weighted by Gasteiger charge is -2.35. The summed E-state index contributed by atoms with van der Waals surface area (Å²) in [6.07, 6.45) is 2.98. The van der Waals surface area contributed by atoms with Crippen LogP contribution >= 0.6 is 11.8 Å². The smallest absolute Gasteiger partial charge is 0.245 e. The molecule has 0 radical (unpaired) electrons. The van der Waals surface area contributed by atoms with Crippen molar-refractivity contribution in [2.75, 3.05) is 18.6 Å². The van der Waals surface area contributed by atoms with Crippen LogP contribution in [0, 0.1) is 0 Å². The molecule has 0 aromatic heterocycles. The van der Waals surface area contributed by atoms with Gasteiger partial charge in [0.2, 0.25) is 11.8 Å². The van der Waals surface area contributed by atoms with E-state index in [-0.39, 0.29) is 30.4 Å². The van der Waals surface area contributed by atoms with Crippen molar-refractivity contribution in [3.63, 3.8) is 0 Å². The van der Waals surface area contributed by atoms with Gasteiger partial charge in [-0.05, 0) is 32.3 Å². The Morgan fingerprint density at radius 1 is 1.60 bits per heavy atom. The monoisotopic (exact) mass is 230 g/mol. The van der Waals surface area contributed by atoms with E-state index in [2.05, 4.69) is 5.32 Å². The van der Waals surface area contributed by atoms with Crippen LogP contribution in [0.25, 0.3) is 0 Å². The molecule has 1 aliphatic rings. The minimum Gasteiger partial charge on any atom is -0.343 e. The second-order valence-corrected chi connectivity index (χ2v) is 4.87. The van der Waals surface area contributed by atoms with Crippen molar-refractivity contribution < 1.29 is 9.59 Å². The molecular weight excluding hydrogens is 212 g/mol. The Labute approximate surface area is 94.8 Å². The van der Waals surface area contributed by atoms with E-state index in [1.165, 1.54) is 0 Å². The summed E-state index contributed by atoms with van der Waals surface area (Å²) in [7, 11) is 0. The van der Waals surface area contributed by atoms with Crippen LogP contribution in [0.2, 0.25) is 0 Å². The minimum absolute atomic E-state index is 0.0307. The van der Waals surface area contributed by atoms with Gasteiger partial charge in [-0.1, -0.05) is 0 Å². The van der Waals surface area contributed by atoms with Crippen LogP contribution < -0.4 is 5.32 Å². The molecule has 0 saturated carbocycles. The number of nitrogens with one attached hydrogen (secondary N) is 1. The van der Waals surface area contributed by atoms with Crippen LogP contribution in [-0.2, 0) is 9.59 Å². The van der Waals surface area contributed by atoms with Crippen molar-refractivity contribution in [3.05, 3.63) is 0 Å². The summed E-state index contributed by atoms with van der Waals surface area (Å²) in [5, 5.41) is 2.63. The molecule has 2 amide bonds. The van der Waals surface area contributed by atoms with Crippen molar-refractivity contribution in [2.24, 2.45) is 0 Å². The molecule has 0 aromatic carbocycles. The summed E-state index contributed by atoms with van der Waals surface area (Å²) in [4.78, 5) is 24.8. The topological polar surface area (TPSA) is 49.4 Å². The first-order valence-electron chi connectivity index (χ1n) is 5.15. The van der Waals surface area contributed by atoms with Crippen LogP contribution in [0.1, 0.15) is 20.3 Å². The van der Waals surface area contributed by atoms with Crippen molar-refractivity contribution in [1.82, 2.24) is 10.2 Å². The Balaban J connectivity index is 2.58. The molecule has 0 aliphatic carbocycles. The molecule has 15 heavy (non-hydrogen) atoms. The molecule has 2 atom stereocenters. The van der Waals surface area contributed by atoms with Gasteiger partial charge in [0.25, 0.3) is 0 Å². The fourth-order valence-electron chi connectivity index (χ4n) is 1.65. The highest BCUT2D eigenvalue weighted by molar-refractivity contribution is 7.98. The van der Waals surface area contributed by atoms with Gasteiger partial charge in [0.15, 0.2) is 0 Å². The number of amides is 2. The Hall–Kier alpha value is -0.710. The number of hydrogen-bond donors (Lipinski definition) is 1. The fraction of sp³-hybridized carbons (Fsp3) is 0.800. The SMILES string of the molecule is CSCCC(C)N1CC(=O)NC(C)C1=O. The Morgan fingerprint density at radius 2 is 2.27 bits per heavy atom. The summed E-state index contributed by atoms with van der Waals surface area (Å²) in [6, 6.07) is -0.221. The number of carbonyl (C=O) groups excluding carboxylic acids is 2. The summed E-state index contributed by atoms with van der Waals surface area (Å²) in [6.45, 7) is 3.94. The maximum atomic E-state index is 11.8. The van der Waals surface area contributed by atoms with E-state index in [0.29, 0.717) is 0 Å². The van der Waals surface area contributed by atoms with Crippen molar-refractivity contribution >= 4 is 23.6 Å². The number of rotatable bonds is 4. The predicted octanol–water partition coefficient (Wildman–Crippen LogP) is 0.475. The highest BCUT2D eigenvalue weighted by Crippen LogP contribution is 2.12. The molecule has 4 nitrogen and oxygen atoms in total. The predicted molar refractivity (Wildman–Crippen MR) is 61.8 cm³/mol. The molecule has 1 fully saturated rings. The molecule has 2 unspecified atom stereocenters. The van der Waals surface area contributed by atoms with E-state index in [4.69, 9.17) is 0 Å². The molecule has 0 spiro atoms. The zero-order chi connectivity index (χ0) is 11.4. The van der Waals surface area contributed by atoms with E-state index < -0.39 is 0 Å².